The first kappa shape index (κ1) is 16.4. The third-order valence-electron chi connectivity index (χ3n) is 3.78. The molecule has 1 aliphatic rings. The van der Waals surface area contributed by atoms with Crippen LogP contribution in [0.15, 0.2) is 29.6 Å². The Bertz CT molecular complexity index is 609. The van der Waals surface area contributed by atoms with E-state index >= 15 is 0 Å². The van der Waals surface area contributed by atoms with Crippen molar-refractivity contribution >= 4 is 11.3 Å². The molecule has 6 heteroatoms. The lowest BCUT2D eigenvalue weighted by Crippen LogP contribution is -2.42. The van der Waals surface area contributed by atoms with Crippen molar-refractivity contribution in [3.8, 4) is 17.0 Å². The van der Waals surface area contributed by atoms with Gasteiger partial charge in [0, 0.05) is 30.6 Å². The van der Waals surface area contributed by atoms with Gasteiger partial charge >= 0.3 is 0 Å². The van der Waals surface area contributed by atoms with Crippen molar-refractivity contribution in [2.75, 3.05) is 39.5 Å². The van der Waals surface area contributed by atoms with E-state index in [2.05, 4.69) is 15.3 Å². The minimum absolute atomic E-state index is 0.298. The van der Waals surface area contributed by atoms with Crippen LogP contribution in [0.25, 0.3) is 11.3 Å². The van der Waals surface area contributed by atoms with Gasteiger partial charge in [0.15, 0.2) is 0 Å². The highest BCUT2D eigenvalue weighted by Crippen LogP contribution is 2.23. The molecule has 1 aliphatic heterocycles. The van der Waals surface area contributed by atoms with Crippen molar-refractivity contribution in [3.05, 3.63) is 34.7 Å². The zero-order valence-electron chi connectivity index (χ0n) is 13.3. The summed E-state index contributed by atoms with van der Waals surface area (Å²) in [6.45, 7) is 6.15. The van der Waals surface area contributed by atoms with Gasteiger partial charge in [0.05, 0.1) is 23.9 Å². The van der Waals surface area contributed by atoms with Gasteiger partial charge in [-0.2, -0.15) is 0 Å². The standard InChI is InChI=1S/C17H22N2O3S/c1-13-18-17(12-23-13)14-2-4-16(5-3-14)22-11-15(20)10-19-6-8-21-9-7-19/h2-5,12,15,20H,6-11H2,1H3. The first-order chi connectivity index (χ1) is 11.2. The van der Waals surface area contributed by atoms with E-state index in [1.165, 1.54) is 0 Å². The SMILES string of the molecule is Cc1nc(-c2ccc(OCC(O)CN3CCOCC3)cc2)cs1. The predicted molar refractivity (Wildman–Crippen MR) is 91.0 cm³/mol. The quantitative estimate of drug-likeness (QED) is 0.878. The third kappa shape index (κ3) is 4.75. The third-order valence-corrected chi connectivity index (χ3v) is 4.56. The van der Waals surface area contributed by atoms with Crippen LogP contribution in [0.2, 0.25) is 0 Å². The predicted octanol–water partition coefficient (Wildman–Crippen LogP) is 2.19. The number of nitrogens with zero attached hydrogens (tertiary/aromatic N) is 2. The Balaban J connectivity index is 1.48. The average Bonchev–Trinajstić information content (AvgIpc) is 3.01. The summed E-state index contributed by atoms with van der Waals surface area (Å²) < 4.78 is 11.0. The summed E-state index contributed by atoms with van der Waals surface area (Å²) in [5, 5.41) is 13.2. The second-order valence-electron chi connectivity index (χ2n) is 5.65. The van der Waals surface area contributed by atoms with Gasteiger partial charge in [0.1, 0.15) is 18.5 Å². The van der Waals surface area contributed by atoms with E-state index in [1.807, 2.05) is 31.2 Å². The Morgan fingerprint density at radius 2 is 2.04 bits per heavy atom. The molecule has 1 atom stereocenters. The molecule has 124 valence electrons. The molecule has 5 nitrogen and oxygen atoms in total. The molecule has 0 saturated carbocycles. The number of aromatic nitrogens is 1. The van der Waals surface area contributed by atoms with E-state index in [4.69, 9.17) is 9.47 Å². The number of hydrogen-bond acceptors (Lipinski definition) is 6. The maximum atomic E-state index is 10.1. The molecular formula is C17H22N2O3S. The van der Waals surface area contributed by atoms with Crippen molar-refractivity contribution in [2.24, 2.45) is 0 Å². The molecule has 1 aromatic carbocycles. The fraction of sp³-hybridized carbons (Fsp3) is 0.471. The molecule has 0 bridgehead atoms. The molecular weight excluding hydrogens is 312 g/mol. The number of benzene rings is 1. The Morgan fingerprint density at radius 1 is 1.30 bits per heavy atom. The lowest BCUT2D eigenvalue weighted by atomic mass is 10.2. The van der Waals surface area contributed by atoms with Gasteiger partial charge in [-0.3, -0.25) is 4.90 Å². The number of aliphatic hydroxyl groups excluding tert-OH is 1. The van der Waals surface area contributed by atoms with Crippen LogP contribution in [0, 0.1) is 6.92 Å². The first-order valence-electron chi connectivity index (χ1n) is 7.84. The van der Waals surface area contributed by atoms with Gasteiger partial charge in [-0.05, 0) is 31.2 Å². The summed E-state index contributed by atoms with van der Waals surface area (Å²) in [6, 6.07) is 7.84. The molecule has 0 amide bonds. The van der Waals surface area contributed by atoms with Crippen LogP contribution in [0.1, 0.15) is 5.01 Å². The van der Waals surface area contributed by atoms with Crippen LogP contribution in [0.3, 0.4) is 0 Å². The minimum atomic E-state index is -0.492. The van der Waals surface area contributed by atoms with Crippen LogP contribution < -0.4 is 4.74 Å². The summed E-state index contributed by atoms with van der Waals surface area (Å²) in [5.74, 6) is 0.765. The minimum Gasteiger partial charge on any atom is -0.491 e. The van der Waals surface area contributed by atoms with Crippen LogP contribution in [-0.2, 0) is 4.74 Å². The molecule has 1 saturated heterocycles. The molecule has 2 aromatic rings. The van der Waals surface area contributed by atoms with Gasteiger partial charge in [-0.25, -0.2) is 4.98 Å². The summed E-state index contributed by atoms with van der Waals surface area (Å²) in [4.78, 5) is 6.67. The zero-order valence-corrected chi connectivity index (χ0v) is 14.1. The van der Waals surface area contributed by atoms with E-state index < -0.39 is 6.10 Å². The Morgan fingerprint density at radius 3 is 2.70 bits per heavy atom. The van der Waals surface area contributed by atoms with E-state index in [-0.39, 0.29) is 0 Å². The van der Waals surface area contributed by atoms with Gasteiger partial charge < -0.3 is 14.6 Å². The van der Waals surface area contributed by atoms with Crippen molar-refractivity contribution < 1.29 is 14.6 Å². The summed E-state index contributed by atoms with van der Waals surface area (Å²) in [5.41, 5.74) is 2.07. The number of ether oxygens (including phenoxy) is 2. The number of β-amino-alcohol motifs (C(OH)–C–C–N with tert-alkyl or cyclic N) is 1. The van der Waals surface area contributed by atoms with Crippen LogP contribution in [-0.4, -0.2) is 60.5 Å². The lowest BCUT2D eigenvalue weighted by Gasteiger charge is -2.28. The maximum absolute atomic E-state index is 10.1. The van der Waals surface area contributed by atoms with Gasteiger partial charge in [-0.15, -0.1) is 11.3 Å². The van der Waals surface area contributed by atoms with Crippen LogP contribution in [0.5, 0.6) is 5.75 Å². The highest BCUT2D eigenvalue weighted by molar-refractivity contribution is 7.09. The number of hydrogen-bond donors (Lipinski definition) is 1. The number of aryl methyl sites for hydroxylation is 1. The van der Waals surface area contributed by atoms with Crippen molar-refractivity contribution in [2.45, 2.75) is 13.0 Å². The van der Waals surface area contributed by atoms with Crippen molar-refractivity contribution in [1.82, 2.24) is 9.88 Å². The normalized spacial score (nSPS) is 17.1. The molecule has 1 N–H and O–H groups in total. The lowest BCUT2D eigenvalue weighted by molar-refractivity contribution is 0.00466. The van der Waals surface area contributed by atoms with Gasteiger partial charge in [0.2, 0.25) is 0 Å². The number of rotatable bonds is 6. The second kappa shape index (κ2) is 7.88. The average molecular weight is 334 g/mol. The Kier molecular flexibility index (Phi) is 5.61. The summed E-state index contributed by atoms with van der Waals surface area (Å²) in [7, 11) is 0. The molecule has 1 aromatic heterocycles. The van der Waals surface area contributed by atoms with E-state index in [0.29, 0.717) is 13.2 Å². The number of aliphatic hydroxyl groups is 1. The van der Waals surface area contributed by atoms with Crippen LogP contribution >= 0.6 is 11.3 Å². The molecule has 3 rings (SSSR count). The second-order valence-corrected chi connectivity index (χ2v) is 6.72. The maximum Gasteiger partial charge on any atom is 0.119 e. The van der Waals surface area contributed by atoms with Crippen molar-refractivity contribution in [3.63, 3.8) is 0 Å². The molecule has 2 heterocycles. The van der Waals surface area contributed by atoms with Crippen molar-refractivity contribution in [1.29, 1.82) is 0 Å². The van der Waals surface area contributed by atoms with E-state index in [0.717, 1.165) is 48.3 Å². The molecule has 0 spiro atoms. The molecule has 0 aliphatic carbocycles. The number of thiazole rings is 1. The van der Waals surface area contributed by atoms with E-state index in [9.17, 15) is 5.11 Å². The molecule has 23 heavy (non-hydrogen) atoms. The highest BCUT2D eigenvalue weighted by Gasteiger charge is 2.15. The molecule has 1 unspecified atom stereocenters. The smallest absolute Gasteiger partial charge is 0.119 e. The Labute approximate surface area is 140 Å². The first-order valence-corrected chi connectivity index (χ1v) is 8.72. The largest absolute Gasteiger partial charge is 0.491 e. The number of morpholine rings is 1. The molecule has 0 radical (unpaired) electrons. The zero-order chi connectivity index (χ0) is 16.1. The molecule has 1 fully saturated rings. The summed E-state index contributed by atoms with van der Waals surface area (Å²) in [6.07, 6.45) is -0.492. The van der Waals surface area contributed by atoms with Gasteiger partial charge in [0.25, 0.3) is 0 Å². The Hall–Kier alpha value is -1.47. The fourth-order valence-corrected chi connectivity index (χ4v) is 3.17. The topological polar surface area (TPSA) is 54.8 Å². The fourth-order valence-electron chi connectivity index (χ4n) is 2.54. The monoisotopic (exact) mass is 334 g/mol. The highest BCUT2D eigenvalue weighted by atomic mass is 32.1. The summed E-state index contributed by atoms with van der Waals surface area (Å²) >= 11 is 1.65. The van der Waals surface area contributed by atoms with E-state index in [1.54, 1.807) is 11.3 Å². The van der Waals surface area contributed by atoms with Gasteiger partial charge in [-0.1, -0.05) is 0 Å². The van der Waals surface area contributed by atoms with Crippen LogP contribution in [0.4, 0.5) is 0 Å².